The summed E-state index contributed by atoms with van der Waals surface area (Å²) in [5.74, 6) is 0.136. The van der Waals surface area contributed by atoms with Crippen molar-refractivity contribution in [1.82, 2.24) is 9.80 Å². The molecular formula is C16H23N3O3. The average molecular weight is 305 g/mol. The minimum absolute atomic E-state index is 0.0306. The Hall–Kier alpha value is -2.08. The van der Waals surface area contributed by atoms with Crippen LogP contribution in [-0.2, 0) is 9.59 Å². The second-order valence-corrected chi connectivity index (χ2v) is 5.69. The van der Waals surface area contributed by atoms with Gasteiger partial charge in [0.1, 0.15) is 11.8 Å². The molecule has 0 saturated carbocycles. The lowest BCUT2D eigenvalue weighted by atomic mass is 10.1. The second-order valence-electron chi connectivity index (χ2n) is 5.69. The lowest BCUT2D eigenvalue weighted by Gasteiger charge is -2.41. The first-order valence-electron chi connectivity index (χ1n) is 7.49. The van der Waals surface area contributed by atoms with Crippen LogP contribution in [0.15, 0.2) is 30.3 Å². The quantitative estimate of drug-likeness (QED) is 0.858. The fourth-order valence-corrected chi connectivity index (χ4v) is 2.65. The van der Waals surface area contributed by atoms with Crippen LogP contribution in [0, 0.1) is 0 Å². The number of carbonyl (C=O) groups excluding carboxylic acids is 2. The Balaban J connectivity index is 1.92. The van der Waals surface area contributed by atoms with Gasteiger partial charge in [0.15, 0.2) is 6.61 Å². The van der Waals surface area contributed by atoms with Gasteiger partial charge < -0.3 is 15.4 Å². The normalized spacial score (nSPS) is 19.2. The summed E-state index contributed by atoms with van der Waals surface area (Å²) in [4.78, 5) is 27.6. The van der Waals surface area contributed by atoms with Crippen LogP contribution in [0.1, 0.15) is 13.8 Å². The Kier molecular flexibility index (Phi) is 5.38. The van der Waals surface area contributed by atoms with Crippen molar-refractivity contribution in [3.8, 4) is 5.75 Å². The first-order valence-corrected chi connectivity index (χ1v) is 7.49. The van der Waals surface area contributed by atoms with E-state index >= 15 is 0 Å². The molecule has 0 unspecified atom stereocenters. The van der Waals surface area contributed by atoms with Crippen molar-refractivity contribution in [1.29, 1.82) is 0 Å². The zero-order valence-electron chi connectivity index (χ0n) is 13.1. The molecule has 0 aliphatic carbocycles. The van der Waals surface area contributed by atoms with Gasteiger partial charge >= 0.3 is 0 Å². The largest absolute Gasteiger partial charge is 0.484 e. The van der Waals surface area contributed by atoms with E-state index in [-0.39, 0.29) is 18.6 Å². The Labute approximate surface area is 130 Å². The van der Waals surface area contributed by atoms with Crippen LogP contribution in [0.5, 0.6) is 5.75 Å². The smallest absolute Gasteiger partial charge is 0.260 e. The van der Waals surface area contributed by atoms with Gasteiger partial charge in [-0.3, -0.25) is 14.5 Å². The Morgan fingerprint density at radius 1 is 1.27 bits per heavy atom. The van der Waals surface area contributed by atoms with Gasteiger partial charge in [0.05, 0.1) is 0 Å². The molecule has 2 rings (SSSR count). The highest BCUT2D eigenvalue weighted by molar-refractivity contribution is 5.83. The van der Waals surface area contributed by atoms with E-state index in [4.69, 9.17) is 10.5 Å². The lowest BCUT2D eigenvalue weighted by molar-refractivity contribution is -0.139. The maximum Gasteiger partial charge on any atom is 0.260 e. The van der Waals surface area contributed by atoms with E-state index in [0.717, 1.165) is 0 Å². The number of para-hydroxylation sites is 1. The van der Waals surface area contributed by atoms with Crippen LogP contribution in [0.2, 0.25) is 0 Å². The predicted octanol–water partition coefficient (Wildman–Crippen LogP) is 0.472. The van der Waals surface area contributed by atoms with E-state index in [2.05, 4.69) is 0 Å². The van der Waals surface area contributed by atoms with Crippen LogP contribution >= 0.6 is 0 Å². The summed E-state index contributed by atoms with van der Waals surface area (Å²) in [6.45, 7) is 5.56. The fraction of sp³-hybridized carbons (Fsp3) is 0.500. The average Bonchev–Trinajstić information content (AvgIpc) is 2.52. The molecule has 1 aliphatic rings. The van der Waals surface area contributed by atoms with Crippen LogP contribution in [0.25, 0.3) is 0 Å². The number of hydrogen-bond donors (Lipinski definition) is 1. The topological polar surface area (TPSA) is 75.9 Å². The van der Waals surface area contributed by atoms with Gasteiger partial charge in [0.2, 0.25) is 5.91 Å². The number of benzene rings is 1. The van der Waals surface area contributed by atoms with Crippen LogP contribution in [-0.4, -0.2) is 59.9 Å². The Bertz CT molecular complexity index is 519. The van der Waals surface area contributed by atoms with E-state index < -0.39 is 11.9 Å². The summed E-state index contributed by atoms with van der Waals surface area (Å²) in [5, 5.41) is 0. The zero-order chi connectivity index (χ0) is 16.1. The SMILES string of the molecule is CC(C)N1CCN(C(=O)COc2ccccc2)C[C@@H]1C(N)=O. The van der Waals surface area contributed by atoms with Gasteiger partial charge in [0.25, 0.3) is 5.91 Å². The van der Waals surface area contributed by atoms with Gasteiger partial charge in [0, 0.05) is 25.7 Å². The van der Waals surface area contributed by atoms with E-state index in [0.29, 0.717) is 25.4 Å². The second kappa shape index (κ2) is 7.26. The number of hydrogen-bond acceptors (Lipinski definition) is 4. The Morgan fingerprint density at radius 2 is 1.95 bits per heavy atom. The van der Waals surface area contributed by atoms with Crippen molar-refractivity contribution < 1.29 is 14.3 Å². The minimum Gasteiger partial charge on any atom is -0.484 e. The standard InChI is InChI=1S/C16H23N3O3/c1-12(2)19-9-8-18(10-14(19)16(17)21)15(20)11-22-13-6-4-3-5-7-13/h3-7,12,14H,8-11H2,1-2H3,(H2,17,21)/t14-/m1/s1. The van der Waals surface area contributed by atoms with Crippen LogP contribution < -0.4 is 10.5 Å². The van der Waals surface area contributed by atoms with Crippen molar-refractivity contribution in [3.63, 3.8) is 0 Å². The molecule has 6 nitrogen and oxygen atoms in total. The predicted molar refractivity (Wildman–Crippen MR) is 83.3 cm³/mol. The van der Waals surface area contributed by atoms with Gasteiger partial charge in [-0.2, -0.15) is 0 Å². The number of nitrogens with zero attached hydrogens (tertiary/aromatic N) is 2. The van der Waals surface area contributed by atoms with Gasteiger partial charge in [-0.05, 0) is 26.0 Å². The van der Waals surface area contributed by atoms with Gasteiger partial charge in [-0.25, -0.2) is 0 Å². The maximum atomic E-state index is 12.2. The van der Waals surface area contributed by atoms with Crippen molar-refractivity contribution in [2.24, 2.45) is 5.73 Å². The first-order chi connectivity index (χ1) is 10.5. The molecular weight excluding hydrogens is 282 g/mol. The lowest BCUT2D eigenvalue weighted by Crippen LogP contribution is -2.61. The number of rotatable bonds is 5. The highest BCUT2D eigenvalue weighted by Crippen LogP contribution is 2.14. The highest BCUT2D eigenvalue weighted by Gasteiger charge is 2.34. The molecule has 1 saturated heterocycles. The van der Waals surface area contributed by atoms with Crippen molar-refractivity contribution in [3.05, 3.63) is 30.3 Å². The monoisotopic (exact) mass is 305 g/mol. The van der Waals surface area contributed by atoms with Gasteiger partial charge in [-0.15, -0.1) is 0 Å². The van der Waals surface area contributed by atoms with E-state index in [1.165, 1.54) is 0 Å². The molecule has 1 atom stereocenters. The third kappa shape index (κ3) is 3.98. The number of primary amides is 1. The van der Waals surface area contributed by atoms with E-state index in [9.17, 15) is 9.59 Å². The Morgan fingerprint density at radius 3 is 2.55 bits per heavy atom. The molecule has 1 aromatic carbocycles. The van der Waals surface area contributed by atoms with Crippen LogP contribution in [0.4, 0.5) is 0 Å². The van der Waals surface area contributed by atoms with E-state index in [1.54, 1.807) is 17.0 Å². The number of nitrogens with two attached hydrogens (primary N) is 1. The minimum atomic E-state index is -0.436. The maximum absolute atomic E-state index is 12.2. The van der Waals surface area contributed by atoms with Gasteiger partial charge in [-0.1, -0.05) is 18.2 Å². The third-order valence-corrected chi connectivity index (χ3v) is 3.87. The summed E-state index contributed by atoms with van der Waals surface area (Å²) in [6, 6.07) is 8.97. The molecule has 2 amide bonds. The molecule has 22 heavy (non-hydrogen) atoms. The number of piperazine rings is 1. The zero-order valence-corrected chi connectivity index (χ0v) is 13.1. The summed E-state index contributed by atoms with van der Waals surface area (Å²) in [6.07, 6.45) is 0. The van der Waals surface area contributed by atoms with Crippen molar-refractivity contribution in [2.75, 3.05) is 26.2 Å². The van der Waals surface area contributed by atoms with Crippen LogP contribution in [0.3, 0.4) is 0 Å². The molecule has 1 fully saturated rings. The molecule has 0 radical (unpaired) electrons. The first kappa shape index (κ1) is 16.3. The fourth-order valence-electron chi connectivity index (χ4n) is 2.65. The molecule has 6 heteroatoms. The van der Waals surface area contributed by atoms with Crippen molar-refractivity contribution >= 4 is 11.8 Å². The molecule has 2 N–H and O–H groups in total. The molecule has 120 valence electrons. The highest BCUT2D eigenvalue weighted by atomic mass is 16.5. The number of ether oxygens (including phenoxy) is 1. The summed E-state index contributed by atoms with van der Waals surface area (Å²) < 4.78 is 5.47. The number of amides is 2. The molecule has 0 bridgehead atoms. The molecule has 1 heterocycles. The molecule has 0 spiro atoms. The summed E-state index contributed by atoms with van der Waals surface area (Å²) in [7, 11) is 0. The summed E-state index contributed by atoms with van der Waals surface area (Å²) in [5.41, 5.74) is 5.47. The third-order valence-electron chi connectivity index (χ3n) is 3.87. The summed E-state index contributed by atoms with van der Waals surface area (Å²) >= 11 is 0. The number of carbonyl (C=O) groups is 2. The van der Waals surface area contributed by atoms with Crippen molar-refractivity contribution in [2.45, 2.75) is 25.9 Å². The van der Waals surface area contributed by atoms with E-state index in [1.807, 2.05) is 36.9 Å². The molecule has 1 aromatic rings. The molecule has 1 aliphatic heterocycles. The molecule has 0 aromatic heterocycles.